The van der Waals surface area contributed by atoms with Gasteiger partial charge in [0.25, 0.3) is 0 Å². The number of unbranched alkanes of at least 4 members (excludes halogenated alkanes) is 1. The van der Waals surface area contributed by atoms with Crippen LogP contribution in [0.5, 0.6) is 0 Å². The number of carbonyl (C=O) groups excluding carboxylic acids is 1. The second-order valence-electron chi connectivity index (χ2n) is 5.66. The number of hydrogen-bond donors (Lipinski definition) is 1. The van der Waals surface area contributed by atoms with Crippen molar-refractivity contribution in [3.05, 3.63) is 0 Å². The minimum Gasteiger partial charge on any atom is -0.369 e. The largest absolute Gasteiger partial charge is 0.369 e. The topological polar surface area (TPSA) is 55.6 Å². The van der Waals surface area contributed by atoms with Crippen LogP contribution in [0.4, 0.5) is 0 Å². The van der Waals surface area contributed by atoms with Crippen LogP contribution in [0.3, 0.4) is 0 Å². The highest BCUT2D eigenvalue weighted by molar-refractivity contribution is 5.81. The second kappa shape index (κ2) is 5.83. The lowest BCUT2D eigenvalue weighted by Crippen LogP contribution is -2.57. The third-order valence-electron chi connectivity index (χ3n) is 3.07. The number of rotatable bonds is 4. The molecule has 0 radical (unpaired) electrons. The molecule has 1 aliphatic rings. The van der Waals surface area contributed by atoms with Crippen molar-refractivity contribution in [3.63, 3.8) is 0 Å². The van der Waals surface area contributed by atoms with Crippen molar-refractivity contribution in [2.45, 2.75) is 64.7 Å². The zero-order valence-electron chi connectivity index (χ0n) is 11.5. The van der Waals surface area contributed by atoms with E-state index in [1.165, 1.54) is 0 Å². The third kappa shape index (κ3) is 4.28. The highest BCUT2D eigenvalue weighted by atomic mass is 16.5. The highest BCUT2D eigenvalue weighted by Gasteiger charge is 2.34. The van der Waals surface area contributed by atoms with Crippen molar-refractivity contribution in [2.24, 2.45) is 5.73 Å². The predicted octanol–water partition coefficient (Wildman–Crippen LogP) is 1.53. The Bertz CT molecular complexity index is 266. The van der Waals surface area contributed by atoms with Crippen LogP contribution < -0.4 is 5.73 Å². The fraction of sp³-hybridized carbons (Fsp3) is 0.923. The molecule has 0 aromatic rings. The molecule has 0 bridgehead atoms. The number of ether oxygens (including phenoxy) is 1. The van der Waals surface area contributed by atoms with Crippen LogP contribution in [0.15, 0.2) is 0 Å². The zero-order chi connectivity index (χ0) is 13.1. The molecule has 0 spiro atoms. The van der Waals surface area contributed by atoms with Gasteiger partial charge in [0, 0.05) is 13.1 Å². The monoisotopic (exact) mass is 242 g/mol. The molecule has 1 amide bonds. The molecule has 100 valence electrons. The SMILES string of the molecule is CCCC[C@H](N)C(=O)N1CC(C)OC(C)(C)C1. The van der Waals surface area contributed by atoms with Gasteiger partial charge in [-0.3, -0.25) is 4.79 Å². The normalized spacial score (nSPS) is 25.7. The van der Waals surface area contributed by atoms with Crippen molar-refractivity contribution in [1.82, 2.24) is 4.90 Å². The van der Waals surface area contributed by atoms with Crippen LogP contribution in [0.25, 0.3) is 0 Å². The van der Waals surface area contributed by atoms with E-state index in [1.807, 2.05) is 25.7 Å². The Morgan fingerprint density at radius 1 is 1.59 bits per heavy atom. The maximum atomic E-state index is 12.2. The number of morpholine rings is 1. The summed E-state index contributed by atoms with van der Waals surface area (Å²) in [5.41, 5.74) is 5.67. The van der Waals surface area contributed by atoms with Crippen LogP contribution in [0.1, 0.15) is 47.0 Å². The Morgan fingerprint density at radius 3 is 2.76 bits per heavy atom. The molecule has 1 unspecified atom stereocenters. The standard InChI is InChI=1S/C13H26N2O2/c1-5-6-7-11(14)12(16)15-8-10(2)17-13(3,4)9-15/h10-11H,5-9,14H2,1-4H3/t10?,11-/m0/s1. The summed E-state index contributed by atoms with van der Waals surface area (Å²) >= 11 is 0. The van der Waals surface area contributed by atoms with Gasteiger partial charge >= 0.3 is 0 Å². The van der Waals surface area contributed by atoms with Crippen molar-refractivity contribution in [1.29, 1.82) is 0 Å². The minimum atomic E-state index is -0.351. The molecule has 4 heteroatoms. The molecule has 17 heavy (non-hydrogen) atoms. The Labute approximate surface area is 104 Å². The number of carbonyl (C=O) groups is 1. The first-order valence-electron chi connectivity index (χ1n) is 6.58. The van der Waals surface area contributed by atoms with Crippen LogP contribution in [0, 0.1) is 0 Å². The minimum absolute atomic E-state index is 0.0710. The average Bonchev–Trinajstić information content (AvgIpc) is 2.21. The Kier molecular flexibility index (Phi) is 4.95. The van der Waals surface area contributed by atoms with Gasteiger partial charge < -0.3 is 15.4 Å². The van der Waals surface area contributed by atoms with E-state index in [-0.39, 0.29) is 23.7 Å². The Morgan fingerprint density at radius 2 is 2.24 bits per heavy atom. The van der Waals surface area contributed by atoms with E-state index in [0.29, 0.717) is 13.1 Å². The first kappa shape index (κ1) is 14.5. The molecule has 2 N–H and O–H groups in total. The van der Waals surface area contributed by atoms with E-state index in [0.717, 1.165) is 19.3 Å². The maximum absolute atomic E-state index is 12.2. The molecule has 1 saturated heterocycles. The summed E-state index contributed by atoms with van der Waals surface area (Å²) < 4.78 is 5.78. The van der Waals surface area contributed by atoms with Gasteiger partial charge in [0.05, 0.1) is 17.7 Å². The number of nitrogens with two attached hydrogens (primary N) is 1. The fourth-order valence-corrected chi connectivity index (χ4v) is 2.40. The summed E-state index contributed by atoms with van der Waals surface area (Å²) in [7, 11) is 0. The molecule has 1 aliphatic heterocycles. The van der Waals surface area contributed by atoms with Crippen LogP contribution in [-0.2, 0) is 9.53 Å². The lowest BCUT2D eigenvalue weighted by atomic mass is 10.0. The van der Waals surface area contributed by atoms with E-state index in [1.54, 1.807) is 0 Å². The quantitative estimate of drug-likeness (QED) is 0.813. The summed E-state index contributed by atoms with van der Waals surface area (Å²) in [5.74, 6) is 0.0710. The van der Waals surface area contributed by atoms with E-state index in [2.05, 4.69) is 6.92 Å². The van der Waals surface area contributed by atoms with Crippen LogP contribution >= 0.6 is 0 Å². The predicted molar refractivity (Wildman–Crippen MR) is 68.7 cm³/mol. The number of nitrogens with zero attached hydrogens (tertiary/aromatic N) is 1. The molecule has 0 saturated carbocycles. The molecular formula is C13H26N2O2. The molecule has 4 nitrogen and oxygen atoms in total. The highest BCUT2D eigenvalue weighted by Crippen LogP contribution is 2.21. The fourth-order valence-electron chi connectivity index (χ4n) is 2.40. The lowest BCUT2D eigenvalue weighted by Gasteiger charge is -2.42. The summed E-state index contributed by atoms with van der Waals surface area (Å²) in [6, 6.07) is -0.351. The molecule has 0 aromatic heterocycles. The maximum Gasteiger partial charge on any atom is 0.239 e. The van der Waals surface area contributed by atoms with Gasteiger partial charge in [-0.05, 0) is 27.2 Å². The van der Waals surface area contributed by atoms with E-state index >= 15 is 0 Å². The van der Waals surface area contributed by atoms with Crippen molar-refractivity contribution in [3.8, 4) is 0 Å². The van der Waals surface area contributed by atoms with Gasteiger partial charge in [0.2, 0.25) is 5.91 Å². The zero-order valence-corrected chi connectivity index (χ0v) is 11.5. The van der Waals surface area contributed by atoms with Gasteiger partial charge in [0.1, 0.15) is 0 Å². The first-order chi connectivity index (χ1) is 7.85. The van der Waals surface area contributed by atoms with Crippen molar-refractivity contribution >= 4 is 5.91 Å². The molecule has 0 aliphatic carbocycles. The van der Waals surface area contributed by atoms with Crippen LogP contribution in [0.2, 0.25) is 0 Å². The second-order valence-corrected chi connectivity index (χ2v) is 5.66. The summed E-state index contributed by atoms with van der Waals surface area (Å²) in [4.78, 5) is 14.0. The molecular weight excluding hydrogens is 216 g/mol. The molecule has 1 heterocycles. The number of hydrogen-bond acceptors (Lipinski definition) is 3. The lowest BCUT2D eigenvalue weighted by molar-refractivity contribution is -0.159. The average molecular weight is 242 g/mol. The van der Waals surface area contributed by atoms with Gasteiger partial charge in [0.15, 0.2) is 0 Å². The van der Waals surface area contributed by atoms with Crippen molar-refractivity contribution in [2.75, 3.05) is 13.1 Å². The Balaban J connectivity index is 2.56. The molecule has 1 rings (SSSR count). The van der Waals surface area contributed by atoms with E-state index < -0.39 is 0 Å². The van der Waals surface area contributed by atoms with Gasteiger partial charge in [-0.15, -0.1) is 0 Å². The van der Waals surface area contributed by atoms with Crippen molar-refractivity contribution < 1.29 is 9.53 Å². The third-order valence-corrected chi connectivity index (χ3v) is 3.07. The van der Waals surface area contributed by atoms with Gasteiger partial charge in [-0.25, -0.2) is 0 Å². The summed E-state index contributed by atoms with van der Waals surface area (Å²) in [6.07, 6.45) is 2.95. The summed E-state index contributed by atoms with van der Waals surface area (Å²) in [6.45, 7) is 9.43. The van der Waals surface area contributed by atoms with Gasteiger partial charge in [-0.2, -0.15) is 0 Å². The van der Waals surface area contributed by atoms with Gasteiger partial charge in [-0.1, -0.05) is 19.8 Å². The van der Waals surface area contributed by atoms with E-state index in [9.17, 15) is 4.79 Å². The number of amides is 1. The molecule has 1 fully saturated rings. The van der Waals surface area contributed by atoms with Crippen LogP contribution in [-0.4, -0.2) is 41.6 Å². The van der Waals surface area contributed by atoms with E-state index in [4.69, 9.17) is 10.5 Å². The molecule has 2 atom stereocenters. The molecule has 0 aromatic carbocycles. The smallest absolute Gasteiger partial charge is 0.239 e. The first-order valence-corrected chi connectivity index (χ1v) is 6.58. The summed E-state index contributed by atoms with van der Waals surface area (Å²) in [5, 5.41) is 0. The Hall–Kier alpha value is -0.610.